The largest absolute Gasteiger partial charge is 0.426 e. The van der Waals surface area contributed by atoms with Gasteiger partial charge in [-0.2, -0.15) is 0 Å². The van der Waals surface area contributed by atoms with Crippen molar-refractivity contribution in [3.63, 3.8) is 0 Å². The molecule has 0 aliphatic heterocycles. The van der Waals surface area contributed by atoms with Crippen molar-refractivity contribution in [2.24, 2.45) is 0 Å². The van der Waals surface area contributed by atoms with Crippen molar-refractivity contribution in [3.8, 4) is 5.75 Å². The van der Waals surface area contributed by atoms with Gasteiger partial charge < -0.3 is 4.74 Å². The van der Waals surface area contributed by atoms with Gasteiger partial charge in [-0.3, -0.25) is 4.79 Å². The van der Waals surface area contributed by atoms with E-state index in [4.69, 9.17) is 4.74 Å². The molecule has 0 fully saturated rings. The number of benzene rings is 1. The second-order valence-electron chi connectivity index (χ2n) is 3.44. The molecule has 0 amide bonds. The van der Waals surface area contributed by atoms with Crippen LogP contribution >= 0.6 is 0 Å². The molecule has 2 nitrogen and oxygen atoms in total. The number of carbonyl (C=O) groups excluding carboxylic acids is 1. The molecule has 0 aromatic heterocycles. The first-order valence-electron chi connectivity index (χ1n) is 4.91. The summed E-state index contributed by atoms with van der Waals surface area (Å²) in [5.74, 6) is 0.397. The Balaban J connectivity index is 2.84. The zero-order valence-corrected chi connectivity index (χ0v) is 8.96. The second-order valence-corrected chi connectivity index (χ2v) is 3.44. The van der Waals surface area contributed by atoms with Crippen LogP contribution in [0, 0.1) is 6.92 Å². The monoisotopic (exact) mass is 190 g/mol. The molecule has 0 N–H and O–H groups in total. The van der Waals surface area contributed by atoms with Gasteiger partial charge in [-0.05, 0) is 18.6 Å². The smallest absolute Gasteiger partial charge is 0.308 e. The molecule has 0 spiro atoms. The highest BCUT2D eigenvalue weighted by Crippen LogP contribution is 2.19. The second kappa shape index (κ2) is 4.84. The molecular weight excluding hydrogens is 175 g/mol. The molecule has 3 heteroatoms. The first-order valence-corrected chi connectivity index (χ1v) is 4.91. The predicted molar refractivity (Wildman–Crippen MR) is 59.2 cm³/mol. The van der Waals surface area contributed by atoms with Gasteiger partial charge in [-0.1, -0.05) is 30.8 Å². The van der Waals surface area contributed by atoms with Crippen LogP contribution in [0.15, 0.2) is 18.2 Å². The van der Waals surface area contributed by atoms with E-state index >= 15 is 0 Å². The molecule has 14 heavy (non-hydrogen) atoms. The lowest BCUT2D eigenvalue weighted by Crippen LogP contribution is -2.03. The number of rotatable bonds is 3. The minimum atomic E-state index is -0.267. The average molecular weight is 190 g/mol. The van der Waals surface area contributed by atoms with Crippen LogP contribution in [0.25, 0.3) is 0 Å². The lowest BCUT2D eigenvalue weighted by molar-refractivity contribution is -0.131. The maximum absolute atomic E-state index is 10.8. The molecule has 0 atom stereocenters. The Morgan fingerprint density at radius 3 is 2.71 bits per heavy atom. The van der Waals surface area contributed by atoms with Crippen molar-refractivity contribution >= 4 is 13.2 Å². The Bertz CT molecular complexity index is 334. The van der Waals surface area contributed by atoms with Crippen molar-refractivity contribution in [2.45, 2.75) is 27.0 Å². The Hall–Kier alpha value is -1.25. The molecule has 0 saturated carbocycles. The van der Waals surface area contributed by atoms with E-state index in [1.807, 2.05) is 19.1 Å². The van der Waals surface area contributed by atoms with Gasteiger partial charge in [0.2, 0.25) is 0 Å². The van der Waals surface area contributed by atoms with Crippen molar-refractivity contribution in [1.82, 2.24) is 0 Å². The van der Waals surface area contributed by atoms with Crippen LogP contribution in [0.3, 0.4) is 0 Å². The summed E-state index contributed by atoms with van der Waals surface area (Å²) in [7, 11) is 1.13. The van der Waals surface area contributed by atoms with Gasteiger partial charge in [0.05, 0.1) is 0 Å². The lowest BCUT2D eigenvalue weighted by atomic mass is 9.75. The van der Waals surface area contributed by atoms with Crippen LogP contribution in [0.1, 0.15) is 18.1 Å². The third kappa shape index (κ3) is 2.91. The highest BCUT2D eigenvalue weighted by atomic mass is 16.5. The van der Waals surface area contributed by atoms with Gasteiger partial charge in [0.25, 0.3) is 0 Å². The van der Waals surface area contributed by atoms with E-state index in [0.29, 0.717) is 5.75 Å². The molecule has 1 rings (SSSR count). The van der Waals surface area contributed by atoms with Crippen LogP contribution in [0.2, 0.25) is 6.82 Å². The van der Waals surface area contributed by atoms with Gasteiger partial charge in [0, 0.05) is 6.92 Å². The molecule has 74 valence electrons. The predicted octanol–water partition coefficient (Wildman–Crippen LogP) is 1.90. The van der Waals surface area contributed by atoms with Crippen molar-refractivity contribution in [2.75, 3.05) is 0 Å². The minimum Gasteiger partial charge on any atom is -0.426 e. The fourth-order valence-electron chi connectivity index (χ4n) is 1.43. The molecule has 0 heterocycles. The number of carbonyl (C=O) groups is 1. The van der Waals surface area contributed by atoms with Crippen molar-refractivity contribution in [1.29, 1.82) is 0 Å². The van der Waals surface area contributed by atoms with Gasteiger partial charge >= 0.3 is 5.97 Å². The molecular formula is C11H15BO2. The summed E-state index contributed by atoms with van der Waals surface area (Å²) in [4.78, 5) is 10.8. The first kappa shape index (κ1) is 10.8. The third-order valence-electron chi connectivity index (χ3n) is 2.03. The van der Waals surface area contributed by atoms with Crippen molar-refractivity contribution < 1.29 is 9.53 Å². The number of esters is 1. The molecule has 0 bridgehead atoms. The summed E-state index contributed by atoms with van der Waals surface area (Å²) in [5, 5.41) is 0. The highest BCUT2D eigenvalue weighted by Gasteiger charge is 2.03. The molecule has 0 unspecified atom stereocenters. The molecule has 0 saturated heterocycles. The number of hydrogen-bond acceptors (Lipinski definition) is 2. The van der Waals surface area contributed by atoms with E-state index in [2.05, 4.69) is 12.9 Å². The zero-order valence-electron chi connectivity index (χ0n) is 8.96. The van der Waals surface area contributed by atoms with E-state index in [0.717, 1.165) is 19.2 Å². The van der Waals surface area contributed by atoms with Crippen molar-refractivity contribution in [3.05, 3.63) is 29.3 Å². The standard InChI is InChI=1S/C11H15BO2/c1-8-6-10(7-12-3)4-5-11(8)14-9(2)13/h4-6,12H,7H2,1-3H3. The molecule has 0 aliphatic rings. The number of aryl methyl sites for hydroxylation is 1. The maximum Gasteiger partial charge on any atom is 0.308 e. The van der Waals surface area contributed by atoms with Crippen LogP contribution in [0.4, 0.5) is 0 Å². The Labute approximate surface area is 85.5 Å². The van der Waals surface area contributed by atoms with Crippen LogP contribution in [0.5, 0.6) is 5.75 Å². The Kier molecular flexibility index (Phi) is 3.75. The topological polar surface area (TPSA) is 26.3 Å². The van der Waals surface area contributed by atoms with Gasteiger partial charge in [0.1, 0.15) is 13.0 Å². The van der Waals surface area contributed by atoms with E-state index in [-0.39, 0.29) is 5.97 Å². The Morgan fingerprint density at radius 2 is 2.21 bits per heavy atom. The number of hydrogen-bond donors (Lipinski definition) is 0. The summed E-state index contributed by atoms with van der Waals surface area (Å²) in [5.41, 5.74) is 2.31. The summed E-state index contributed by atoms with van der Waals surface area (Å²) in [6.07, 6.45) is 1.07. The van der Waals surface area contributed by atoms with E-state index < -0.39 is 0 Å². The van der Waals surface area contributed by atoms with Crippen LogP contribution < -0.4 is 4.74 Å². The van der Waals surface area contributed by atoms with E-state index in [9.17, 15) is 4.79 Å². The van der Waals surface area contributed by atoms with Crippen LogP contribution in [-0.2, 0) is 11.1 Å². The van der Waals surface area contributed by atoms with Gasteiger partial charge in [0.15, 0.2) is 0 Å². The molecule has 0 aliphatic carbocycles. The summed E-state index contributed by atoms with van der Waals surface area (Å²) in [6.45, 7) is 5.52. The molecule has 1 aromatic rings. The van der Waals surface area contributed by atoms with Gasteiger partial charge in [-0.15, -0.1) is 0 Å². The lowest BCUT2D eigenvalue weighted by Gasteiger charge is -2.06. The fraction of sp³-hybridized carbons (Fsp3) is 0.364. The van der Waals surface area contributed by atoms with E-state index in [1.165, 1.54) is 12.5 Å². The fourth-order valence-corrected chi connectivity index (χ4v) is 1.43. The summed E-state index contributed by atoms with van der Waals surface area (Å²) >= 11 is 0. The summed E-state index contributed by atoms with van der Waals surface area (Å²) in [6, 6.07) is 5.94. The molecule has 0 radical (unpaired) electrons. The molecule has 1 aromatic carbocycles. The zero-order chi connectivity index (χ0) is 10.6. The van der Waals surface area contributed by atoms with Gasteiger partial charge in [-0.25, -0.2) is 0 Å². The average Bonchev–Trinajstić information content (AvgIpc) is 2.10. The highest BCUT2D eigenvalue weighted by molar-refractivity contribution is 6.32. The van der Waals surface area contributed by atoms with E-state index in [1.54, 1.807) is 0 Å². The SMILES string of the molecule is CBCc1ccc(OC(C)=O)c(C)c1. The number of ether oxygens (including phenoxy) is 1. The van der Waals surface area contributed by atoms with Crippen LogP contribution in [-0.4, -0.2) is 13.2 Å². The Morgan fingerprint density at radius 1 is 1.50 bits per heavy atom. The summed E-state index contributed by atoms with van der Waals surface area (Å²) < 4.78 is 5.04. The third-order valence-corrected chi connectivity index (χ3v) is 2.03. The minimum absolute atomic E-state index is 0.267. The maximum atomic E-state index is 10.8. The normalized spacial score (nSPS) is 9.64. The first-order chi connectivity index (χ1) is 6.63. The quantitative estimate of drug-likeness (QED) is 0.413.